The molecule has 21 heavy (non-hydrogen) atoms. The van der Waals surface area contributed by atoms with Gasteiger partial charge in [0.1, 0.15) is 11.8 Å². The molecule has 112 valence electrons. The Morgan fingerprint density at radius 1 is 0.857 bits per heavy atom. The number of ether oxygens (including phenoxy) is 1. The summed E-state index contributed by atoms with van der Waals surface area (Å²) in [6, 6.07) is 0. The molecular weight excluding hydrogens is 272 g/mol. The van der Waals surface area contributed by atoms with Crippen LogP contribution in [0.5, 0.6) is 0 Å². The summed E-state index contributed by atoms with van der Waals surface area (Å²) in [5.41, 5.74) is -2.81. The van der Waals surface area contributed by atoms with Crippen molar-refractivity contribution in [3.63, 3.8) is 0 Å². The fourth-order valence-corrected chi connectivity index (χ4v) is 2.31. The van der Waals surface area contributed by atoms with E-state index in [1.54, 1.807) is 24.3 Å². The first-order valence-electron chi connectivity index (χ1n) is 6.66. The molecule has 4 unspecified atom stereocenters. The van der Waals surface area contributed by atoms with E-state index >= 15 is 0 Å². The SMILES string of the molecule is CC1(O)C=CC=CC1C(=O)OC(=O)C1C=CC=CC1(C)O. The van der Waals surface area contributed by atoms with E-state index in [4.69, 9.17) is 4.74 Å². The monoisotopic (exact) mass is 290 g/mol. The van der Waals surface area contributed by atoms with Gasteiger partial charge in [-0.15, -0.1) is 0 Å². The Labute approximate surface area is 122 Å². The van der Waals surface area contributed by atoms with E-state index in [9.17, 15) is 19.8 Å². The van der Waals surface area contributed by atoms with E-state index in [1.165, 1.54) is 38.2 Å². The van der Waals surface area contributed by atoms with Gasteiger partial charge < -0.3 is 14.9 Å². The van der Waals surface area contributed by atoms with Gasteiger partial charge in [-0.05, 0) is 13.8 Å². The first kappa shape index (κ1) is 15.4. The van der Waals surface area contributed by atoms with Gasteiger partial charge in [0.05, 0.1) is 11.2 Å². The van der Waals surface area contributed by atoms with Crippen LogP contribution in [0.3, 0.4) is 0 Å². The second-order valence-corrected chi connectivity index (χ2v) is 5.64. The van der Waals surface area contributed by atoms with Crippen LogP contribution in [0.2, 0.25) is 0 Å². The second kappa shape index (κ2) is 5.42. The predicted molar refractivity (Wildman–Crippen MR) is 75.9 cm³/mol. The molecule has 0 spiro atoms. The van der Waals surface area contributed by atoms with Crippen LogP contribution < -0.4 is 0 Å². The Hall–Kier alpha value is -1.98. The zero-order valence-electron chi connectivity index (χ0n) is 11.9. The minimum absolute atomic E-state index is 0.843. The van der Waals surface area contributed by atoms with Crippen molar-refractivity contribution >= 4 is 11.9 Å². The number of allylic oxidation sites excluding steroid dienone is 4. The van der Waals surface area contributed by atoms with Crippen molar-refractivity contribution in [2.45, 2.75) is 25.0 Å². The van der Waals surface area contributed by atoms with Crippen LogP contribution in [0.1, 0.15) is 13.8 Å². The van der Waals surface area contributed by atoms with Crippen LogP contribution in [-0.4, -0.2) is 33.4 Å². The molecule has 0 radical (unpaired) electrons. The molecule has 0 aromatic heterocycles. The quantitative estimate of drug-likeness (QED) is 0.586. The summed E-state index contributed by atoms with van der Waals surface area (Å²) in [7, 11) is 0. The topological polar surface area (TPSA) is 83.8 Å². The standard InChI is InChI=1S/C16H18O5/c1-15(19)9-5-3-7-11(15)13(17)21-14(18)12-8-4-6-10-16(12,2)20/h3-12,19-20H,1-2H3. The molecular formula is C16H18O5. The molecule has 0 aromatic carbocycles. The lowest BCUT2D eigenvalue weighted by Gasteiger charge is -2.30. The molecule has 2 rings (SSSR count). The molecule has 5 nitrogen and oxygen atoms in total. The molecule has 2 aliphatic carbocycles. The third-order valence-electron chi connectivity index (χ3n) is 3.66. The van der Waals surface area contributed by atoms with E-state index < -0.39 is 35.0 Å². The zero-order valence-corrected chi connectivity index (χ0v) is 11.9. The smallest absolute Gasteiger partial charge is 0.323 e. The van der Waals surface area contributed by atoms with Gasteiger partial charge in [0.2, 0.25) is 0 Å². The molecule has 0 heterocycles. The Balaban J connectivity index is 2.08. The third-order valence-corrected chi connectivity index (χ3v) is 3.66. The number of hydrogen-bond donors (Lipinski definition) is 2. The molecule has 0 bridgehead atoms. The first-order chi connectivity index (χ1) is 9.74. The molecule has 4 atom stereocenters. The van der Waals surface area contributed by atoms with Gasteiger partial charge in [-0.1, -0.05) is 48.6 Å². The minimum atomic E-state index is -1.41. The maximum Gasteiger partial charge on any atom is 0.323 e. The third kappa shape index (κ3) is 3.20. The lowest BCUT2D eigenvalue weighted by atomic mass is 9.84. The van der Waals surface area contributed by atoms with Gasteiger partial charge in [-0.25, -0.2) is 0 Å². The molecule has 0 aliphatic heterocycles. The number of carbonyl (C=O) groups is 2. The number of rotatable bonds is 2. The van der Waals surface area contributed by atoms with Crippen molar-refractivity contribution in [3.05, 3.63) is 48.6 Å². The Bertz CT molecular complexity index is 513. The van der Waals surface area contributed by atoms with Crippen molar-refractivity contribution in [3.8, 4) is 0 Å². The summed E-state index contributed by atoms with van der Waals surface area (Å²) in [5.74, 6) is -3.60. The Morgan fingerprint density at radius 3 is 1.57 bits per heavy atom. The maximum absolute atomic E-state index is 12.1. The van der Waals surface area contributed by atoms with E-state index in [0.717, 1.165) is 0 Å². The van der Waals surface area contributed by atoms with Gasteiger partial charge in [0, 0.05) is 0 Å². The minimum Gasteiger partial charge on any atom is -0.392 e. The molecule has 0 saturated heterocycles. The Morgan fingerprint density at radius 2 is 1.24 bits per heavy atom. The average Bonchev–Trinajstić information content (AvgIpc) is 2.37. The average molecular weight is 290 g/mol. The second-order valence-electron chi connectivity index (χ2n) is 5.64. The first-order valence-corrected chi connectivity index (χ1v) is 6.66. The molecule has 2 aliphatic rings. The van der Waals surface area contributed by atoms with Crippen LogP contribution in [0.25, 0.3) is 0 Å². The lowest BCUT2D eigenvalue weighted by Crippen LogP contribution is -2.43. The predicted octanol–water partition coefficient (Wildman–Crippen LogP) is 1.04. The van der Waals surface area contributed by atoms with Crippen molar-refractivity contribution in [2.24, 2.45) is 11.8 Å². The summed E-state index contributed by atoms with van der Waals surface area (Å²) >= 11 is 0. The fraction of sp³-hybridized carbons (Fsp3) is 0.375. The molecule has 0 saturated carbocycles. The summed E-state index contributed by atoms with van der Waals surface area (Å²) in [6.07, 6.45) is 12.3. The summed E-state index contributed by atoms with van der Waals surface area (Å²) < 4.78 is 4.83. The summed E-state index contributed by atoms with van der Waals surface area (Å²) in [5, 5.41) is 20.2. The van der Waals surface area contributed by atoms with Gasteiger partial charge in [0.25, 0.3) is 0 Å². The van der Waals surface area contributed by atoms with E-state index in [1.807, 2.05) is 0 Å². The van der Waals surface area contributed by atoms with E-state index in [0.29, 0.717) is 0 Å². The molecule has 0 amide bonds. The summed E-state index contributed by atoms with van der Waals surface area (Å²) in [6.45, 7) is 2.92. The van der Waals surface area contributed by atoms with Crippen molar-refractivity contribution in [1.29, 1.82) is 0 Å². The maximum atomic E-state index is 12.1. The van der Waals surface area contributed by atoms with Gasteiger partial charge in [0.15, 0.2) is 0 Å². The molecule has 0 fully saturated rings. The van der Waals surface area contributed by atoms with Gasteiger partial charge in [-0.2, -0.15) is 0 Å². The van der Waals surface area contributed by atoms with E-state index in [2.05, 4.69) is 0 Å². The molecule has 2 N–H and O–H groups in total. The number of esters is 2. The Kier molecular flexibility index (Phi) is 3.98. The van der Waals surface area contributed by atoms with Gasteiger partial charge >= 0.3 is 11.9 Å². The van der Waals surface area contributed by atoms with Crippen molar-refractivity contribution < 1.29 is 24.5 Å². The van der Waals surface area contributed by atoms with Crippen LogP contribution in [0.15, 0.2) is 48.6 Å². The normalized spacial score (nSPS) is 37.5. The number of aliphatic hydroxyl groups is 2. The highest BCUT2D eigenvalue weighted by Crippen LogP contribution is 2.28. The highest BCUT2D eigenvalue weighted by Gasteiger charge is 2.41. The highest BCUT2D eigenvalue weighted by atomic mass is 16.6. The van der Waals surface area contributed by atoms with Crippen molar-refractivity contribution in [1.82, 2.24) is 0 Å². The van der Waals surface area contributed by atoms with Gasteiger partial charge in [-0.3, -0.25) is 9.59 Å². The lowest BCUT2D eigenvalue weighted by molar-refractivity contribution is -0.169. The van der Waals surface area contributed by atoms with Crippen LogP contribution in [0.4, 0.5) is 0 Å². The number of carbonyl (C=O) groups excluding carboxylic acids is 2. The summed E-state index contributed by atoms with van der Waals surface area (Å²) in [4.78, 5) is 24.1. The molecule has 0 aromatic rings. The fourth-order valence-electron chi connectivity index (χ4n) is 2.31. The largest absolute Gasteiger partial charge is 0.392 e. The highest BCUT2D eigenvalue weighted by molar-refractivity contribution is 5.91. The zero-order chi connectivity index (χ0) is 15.7. The number of hydrogen-bond acceptors (Lipinski definition) is 5. The van der Waals surface area contributed by atoms with Crippen LogP contribution in [-0.2, 0) is 14.3 Å². The van der Waals surface area contributed by atoms with Crippen LogP contribution in [0, 0.1) is 11.8 Å². The van der Waals surface area contributed by atoms with Crippen molar-refractivity contribution in [2.75, 3.05) is 0 Å². The van der Waals surface area contributed by atoms with E-state index in [-0.39, 0.29) is 0 Å². The van der Waals surface area contributed by atoms with Crippen LogP contribution >= 0.6 is 0 Å². The molecule has 5 heteroatoms.